The van der Waals surface area contributed by atoms with Gasteiger partial charge in [0.05, 0.1) is 7.11 Å². The minimum Gasteiger partial charge on any atom is -0.466 e. The van der Waals surface area contributed by atoms with E-state index in [2.05, 4.69) is 11.3 Å². The van der Waals surface area contributed by atoms with Gasteiger partial charge >= 0.3 is 5.97 Å². The molecule has 1 aliphatic rings. The number of rotatable bonds is 2. The maximum absolute atomic E-state index is 11.2. The van der Waals surface area contributed by atoms with Crippen molar-refractivity contribution in [2.45, 2.75) is 13.3 Å². The summed E-state index contributed by atoms with van der Waals surface area (Å²) in [5.74, 6) is -0.189. The molecule has 1 rings (SSSR count). The lowest BCUT2D eigenvalue weighted by atomic mass is 9.87. The van der Waals surface area contributed by atoms with Gasteiger partial charge in [0.15, 0.2) is 0 Å². The summed E-state index contributed by atoms with van der Waals surface area (Å²) in [6, 6.07) is 0. The van der Waals surface area contributed by atoms with Gasteiger partial charge in [0, 0.05) is 11.5 Å². The Balaban J connectivity index is 2.73. The number of esters is 1. The van der Waals surface area contributed by atoms with E-state index < -0.39 is 0 Å². The Morgan fingerprint density at radius 3 is 2.92 bits per heavy atom. The predicted molar refractivity (Wildman–Crippen MR) is 52.2 cm³/mol. The lowest BCUT2D eigenvalue weighted by Gasteiger charge is -2.19. The molecule has 0 aromatic rings. The zero-order valence-corrected chi connectivity index (χ0v) is 8.04. The molecular formula is C11H14O2. The molecule has 70 valence electrons. The molecule has 0 radical (unpaired) electrons. The molecule has 0 aromatic heterocycles. The lowest BCUT2D eigenvalue weighted by molar-refractivity contribution is -0.136. The van der Waals surface area contributed by atoms with E-state index in [0.717, 1.165) is 12.0 Å². The van der Waals surface area contributed by atoms with Crippen LogP contribution in [-0.2, 0) is 9.53 Å². The van der Waals surface area contributed by atoms with Crippen molar-refractivity contribution in [3.05, 3.63) is 36.0 Å². The molecule has 0 saturated heterocycles. The molecule has 1 unspecified atom stereocenters. The summed E-state index contributed by atoms with van der Waals surface area (Å²) >= 11 is 0. The number of carbonyl (C=O) groups is 1. The van der Waals surface area contributed by atoms with Crippen LogP contribution in [0.25, 0.3) is 0 Å². The molecule has 0 aliphatic heterocycles. The van der Waals surface area contributed by atoms with E-state index >= 15 is 0 Å². The van der Waals surface area contributed by atoms with Crippen molar-refractivity contribution in [3.63, 3.8) is 0 Å². The molecule has 2 nitrogen and oxygen atoms in total. The molecule has 2 heteroatoms. The number of methoxy groups -OCH3 is 1. The van der Waals surface area contributed by atoms with Crippen LogP contribution in [0.5, 0.6) is 0 Å². The summed E-state index contributed by atoms with van der Waals surface area (Å²) in [6.07, 6.45) is 6.88. The van der Waals surface area contributed by atoms with E-state index in [1.54, 1.807) is 0 Å². The average Bonchev–Trinajstić information content (AvgIpc) is 2.16. The molecule has 0 bridgehead atoms. The largest absolute Gasteiger partial charge is 0.466 e. The molecule has 0 saturated carbocycles. The summed E-state index contributed by atoms with van der Waals surface area (Å²) in [5, 5.41) is 0. The molecular weight excluding hydrogens is 164 g/mol. The van der Waals surface area contributed by atoms with Crippen LogP contribution in [0.4, 0.5) is 0 Å². The van der Waals surface area contributed by atoms with E-state index in [0.29, 0.717) is 5.57 Å². The maximum Gasteiger partial charge on any atom is 0.333 e. The van der Waals surface area contributed by atoms with Gasteiger partial charge < -0.3 is 4.74 Å². The normalized spacial score (nSPS) is 20.8. The third-order valence-electron chi connectivity index (χ3n) is 2.28. The highest BCUT2D eigenvalue weighted by molar-refractivity contribution is 5.88. The van der Waals surface area contributed by atoms with Gasteiger partial charge in [-0.05, 0) is 13.3 Å². The Morgan fingerprint density at radius 2 is 2.38 bits per heavy atom. The molecule has 13 heavy (non-hydrogen) atoms. The van der Waals surface area contributed by atoms with E-state index in [4.69, 9.17) is 0 Å². The first-order valence-electron chi connectivity index (χ1n) is 4.27. The monoisotopic (exact) mass is 178 g/mol. The molecule has 0 fully saturated rings. The second-order valence-electron chi connectivity index (χ2n) is 3.14. The van der Waals surface area contributed by atoms with E-state index in [1.807, 2.05) is 25.2 Å². The Morgan fingerprint density at radius 1 is 1.69 bits per heavy atom. The van der Waals surface area contributed by atoms with Crippen LogP contribution in [0.15, 0.2) is 36.0 Å². The van der Waals surface area contributed by atoms with Crippen molar-refractivity contribution < 1.29 is 9.53 Å². The second-order valence-corrected chi connectivity index (χ2v) is 3.14. The fraction of sp³-hybridized carbons (Fsp3) is 0.364. The van der Waals surface area contributed by atoms with Gasteiger partial charge in [-0.1, -0.05) is 30.4 Å². The highest BCUT2D eigenvalue weighted by Gasteiger charge is 2.20. The molecule has 0 N–H and O–H groups in total. The Labute approximate surface area is 78.6 Å². The van der Waals surface area contributed by atoms with Crippen molar-refractivity contribution >= 4 is 5.97 Å². The van der Waals surface area contributed by atoms with Crippen molar-refractivity contribution in [1.29, 1.82) is 0 Å². The number of allylic oxidation sites excluding steroid dienone is 4. The van der Waals surface area contributed by atoms with Gasteiger partial charge in [-0.25, -0.2) is 4.79 Å². The standard InChI is InChI=1S/C11H14O2/c1-8-6-4-5-7-10(8)9(2)11(12)13-3/h4-6,10H,2,7H2,1,3H3. The van der Waals surface area contributed by atoms with Crippen molar-refractivity contribution in [3.8, 4) is 0 Å². The SMILES string of the molecule is C=C(C(=O)OC)C1CC=CC=C1C. The smallest absolute Gasteiger partial charge is 0.333 e. The van der Waals surface area contributed by atoms with Crippen LogP contribution in [-0.4, -0.2) is 13.1 Å². The molecule has 1 aliphatic carbocycles. The summed E-state index contributed by atoms with van der Waals surface area (Å²) in [7, 11) is 1.38. The molecule has 1 atom stereocenters. The minimum absolute atomic E-state index is 0.123. The second kappa shape index (κ2) is 4.08. The first-order chi connectivity index (χ1) is 6.16. The summed E-state index contributed by atoms with van der Waals surface area (Å²) in [4.78, 5) is 11.2. The quantitative estimate of drug-likeness (QED) is 0.479. The van der Waals surface area contributed by atoms with Gasteiger partial charge in [0.2, 0.25) is 0 Å². The van der Waals surface area contributed by atoms with Crippen LogP contribution >= 0.6 is 0 Å². The molecule has 0 amide bonds. The predicted octanol–water partition coefficient (Wildman–Crippen LogP) is 2.24. The third kappa shape index (κ3) is 2.08. The van der Waals surface area contributed by atoms with E-state index in [-0.39, 0.29) is 11.9 Å². The number of carbonyl (C=O) groups excluding carboxylic acids is 1. The third-order valence-corrected chi connectivity index (χ3v) is 2.28. The molecule has 0 aromatic carbocycles. The van der Waals surface area contributed by atoms with Gasteiger partial charge in [-0.2, -0.15) is 0 Å². The first-order valence-corrected chi connectivity index (χ1v) is 4.27. The number of hydrogen-bond donors (Lipinski definition) is 0. The van der Waals surface area contributed by atoms with Crippen LogP contribution < -0.4 is 0 Å². The Kier molecular flexibility index (Phi) is 3.07. The van der Waals surface area contributed by atoms with Gasteiger partial charge in [0.25, 0.3) is 0 Å². The van der Waals surface area contributed by atoms with Crippen LogP contribution in [0.2, 0.25) is 0 Å². The average molecular weight is 178 g/mol. The van der Waals surface area contributed by atoms with Crippen LogP contribution in [0, 0.1) is 5.92 Å². The highest BCUT2D eigenvalue weighted by atomic mass is 16.5. The highest BCUT2D eigenvalue weighted by Crippen LogP contribution is 2.26. The zero-order chi connectivity index (χ0) is 9.84. The van der Waals surface area contributed by atoms with Crippen molar-refractivity contribution in [2.24, 2.45) is 5.92 Å². The molecule has 0 spiro atoms. The fourth-order valence-corrected chi connectivity index (χ4v) is 1.43. The summed E-state index contributed by atoms with van der Waals surface area (Å²) in [5.41, 5.74) is 1.71. The van der Waals surface area contributed by atoms with Crippen LogP contribution in [0.3, 0.4) is 0 Å². The minimum atomic E-state index is -0.312. The van der Waals surface area contributed by atoms with E-state index in [9.17, 15) is 4.79 Å². The Hall–Kier alpha value is -1.31. The maximum atomic E-state index is 11.2. The van der Waals surface area contributed by atoms with Gasteiger partial charge in [0.1, 0.15) is 0 Å². The molecule has 0 heterocycles. The van der Waals surface area contributed by atoms with Gasteiger partial charge in [-0.15, -0.1) is 0 Å². The summed E-state index contributed by atoms with van der Waals surface area (Å²) in [6.45, 7) is 5.75. The Bertz CT molecular complexity index is 284. The number of ether oxygens (including phenoxy) is 1. The van der Waals surface area contributed by atoms with E-state index in [1.165, 1.54) is 7.11 Å². The topological polar surface area (TPSA) is 26.3 Å². The lowest BCUT2D eigenvalue weighted by Crippen LogP contribution is -2.15. The summed E-state index contributed by atoms with van der Waals surface area (Å²) < 4.78 is 4.62. The van der Waals surface area contributed by atoms with Crippen LogP contribution in [0.1, 0.15) is 13.3 Å². The van der Waals surface area contributed by atoms with Crippen molar-refractivity contribution in [1.82, 2.24) is 0 Å². The van der Waals surface area contributed by atoms with Gasteiger partial charge in [-0.3, -0.25) is 0 Å². The van der Waals surface area contributed by atoms with Crippen molar-refractivity contribution in [2.75, 3.05) is 7.11 Å². The zero-order valence-electron chi connectivity index (χ0n) is 8.04. The number of hydrogen-bond acceptors (Lipinski definition) is 2. The fourth-order valence-electron chi connectivity index (χ4n) is 1.43. The first kappa shape index (κ1) is 9.78.